The lowest BCUT2D eigenvalue weighted by atomic mass is 10.2. The van der Waals surface area contributed by atoms with Gasteiger partial charge in [-0.15, -0.1) is 0 Å². The van der Waals surface area contributed by atoms with Gasteiger partial charge in [0.1, 0.15) is 0 Å². The Morgan fingerprint density at radius 1 is 0.479 bits per heavy atom. The van der Waals surface area contributed by atoms with Crippen molar-refractivity contribution in [1.82, 2.24) is 0 Å². The Morgan fingerprint density at radius 3 is 1.08 bits per heavy atom. The number of aryl methyl sites for hydroxylation is 4. The van der Waals surface area contributed by atoms with Crippen molar-refractivity contribution < 1.29 is 26.4 Å². The minimum absolute atomic E-state index is 0.0498. The number of hydrogen-bond donors (Lipinski definition) is 0. The highest BCUT2D eigenvalue weighted by Crippen LogP contribution is 2.33. The Bertz CT molecular complexity index is 2090. The van der Waals surface area contributed by atoms with Gasteiger partial charge < -0.3 is 0 Å². The van der Waals surface area contributed by atoms with E-state index < -0.39 is 31.9 Å². The van der Waals surface area contributed by atoms with Gasteiger partial charge in [-0.2, -0.15) is 8.61 Å². The Kier molecular flexibility index (Phi) is 9.84. The fraction of sp³-hybridized carbons (Fsp3) is 0.111. The molecule has 0 N–H and O–H groups in total. The van der Waals surface area contributed by atoms with Crippen LogP contribution in [0.1, 0.15) is 43.0 Å². The van der Waals surface area contributed by atoms with Crippen molar-refractivity contribution in [2.24, 2.45) is 0 Å². The molecule has 0 saturated heterocycles. The van der Waals surface area contributed by atoms with Crippen LogP contribution in [-0.4, -0.2) is 28.6 Å². The lowest BCUT2D eigenvalue weighted by Gasteiger charge is -2.26. The summed E-state index contributed by atoms with van der Waals surface area (Å²) in [6.45, 7) is 6.90. The summed E-state index contributed by atoms with van der Waals surface area (Å²) in [5.41, 5.74) is 2.47. The maximum Gasteiger partial charge on any atom is 0.272 e. The van der Waals surface area contributed by atoms with E-state index in [1.165, 1.54) is 84.9 Å². The van der Waals surface area contributed by atoms with Crippen LogP contribution in [-0.2, 0) is 20.0 Å². The highest BCUT2D eigenvalue weighted by molar-refractivity contribution is 7.94. The van der Waals surface area contributed by atoms with Crippen LogP contribution < -0.4 is 8.61 Å². The van der Waals surface area contributed by atoms with Gasteiger partial charge in [0.05, 0.1) is 21.2 Å². The third kappa shape index (κ3) is 6.88. The summed E-state index contributed by atoms with van der Waals surface area (Å²) in [6.07, 6.45) is 0. The number of nitrogens with zero attached hydrogens (tertiary/aromatic N) is 2. The molecule has 0 aliphatic carbocycles. The molecule has 0 atom stereocenters. The molecule has 5 rings (SSSR count). The number of carbonyl (C=O) groups excluding carboxylic acids is 2. The largest absolute Gasteiger partial charge is 0.272 e. The number of carbonyl (C=O) groups is 2. The Labute approximate surface area is 290 Å². The molecular formula is C36H30Cl2N2O6S2. The number of halogens is 2. The monoisotopic (exact) mass is 720 g/mol. The summed E-state index contributed by atoms with van der Waals surface area (Å²) in [5.74, 6) is -1.73. The van der Waals surface area contributed by atoms with Crippen molar-refractivity contribution in [1.29, 1.82) is 0 Å². The average molecular weight is 722 g/mol. The van der Waals surface area contributed by atoms with Crippen LogP contribution in [0.25, 0.3) is 0 Å². The second-order valence-electron chi connectivity index (χ2n) is 11.2. The smallest absolute Gasteiger partial charge is 0.268 e. The molecule has 0 aromatic heterocycles. The summed E-state index contributed by atoms with van der Waals surface area (Å²) in [7, 11) is -8.99. The fourth-order valence-corrected chi connectivity index (χ4v) is 8.75. The van der Waals surface area contributed by atoms with Gasteiger partial charge in [-0.25, -0.2) is 16.8 Å². The molecule has 0 fully saturated rings. The van der Waals surface area contributed by atoms with E-state index in [9.17, 15) is 26.4 Å². The molecule has 0 radical (unpaired) electrons. The third-order valence-corrected chi connectivity index (χ3v) is 11.8. The van der Waals surface area contributed by atoms with Gasteiger partial charge in [0.15, 0.2) is 0 Å². The van der Waals surface area contributed by atoms with Crippen LogP contribution in [0.15, 0.2) is 119 Å². The first-order chi connectivity index (χ1) is 22.6. The van der Waals surface area contributed by atoms with Crippen LogP contribution in [0.4, 0.5) is 11.4 Å². The van der Waals surface area contributed by atoms with Gasteiger partial charge >= 0.3 is 0 Å². The molecule has 5 aromatic rings. The van der Waals surface area contributed by atoms with Crippen LogP contribution in [0.3, 0.4) is 0 Å². The number of benzene rings is 5. The van der Waals surface area contributed by atoms with E-state index in [2.05, 4.69) is 0 Å². The van der Waals surface area contributed by atoms with Gasteiger partial charge in [-0.3, -0.25) is 9.59 Å². The molecule has 2 amide bonds. The van der Waals surface area contributed by atoms with Crippen molar-refractivity contribution in [3.8, 4) is 0 Å². The zero-order valence-corrected chi connectivity index (χ0v) is 29.5. The molecule has 12 heteroatoms. The Balaban J connectivity index is 1.67. The quantitative estimate of drug-likeness (QED) is 0.160. The highest BCUT2D eigenvalue weighted by Gasteiger charge is 2.36. The average Bonchev–Trinajstić information content (AvgIpc) is 3.02. The summed E-state index contributed by atoms with van der Waals surface area (Å²) in [5, 5.41) is 0.713. The van der Waals surface area contributed by atoms with Gasteiger partial charge in [0.2, 0.25) is 0 Å². The number of sulfonamides is 2. The zero-order valence-electron chi connectivity index (χ0n) is 26.3. The molecule has 0 unspecified atom stereocenters. The second-order valence-corrected chi connectivity index (χ2v) is 15.6. The number of amides is 2. The van der Waals surface area contributed by atoms with E-state index in [0.29, 0.717) is 29.8 Å². The summed E-state index contributed by atoms with van der Waals surface area (Å²) >= 11 is 12.1. The molecule has 0 spiro atoms. The zero-order chi connectivity index (χ0) is 35.0. The summed E-state index contributed by atoms with van der Waals surface area (Å²) < 4.78 is 58.1. The van der Waals surface area contributed by atoms with E-state index in [1.807, 2.05) is 13.8 Å². The van der Waals surface area contributed by atoms with Crippen LogP contribution in [0, 0.1) is 27.7 Å². The summed E-state index contributed by atoms with van der Waals surface area (Å²) in [6, 6.07) is 26.2. The molecule has 0 aliphatic rings. The van der Waals surface area contributed by atoms with Gasteiger partial charge in [0.25, 0.3) is 31.9 Å². The van der Waals surface area contributed by atoms with Crippen molar-refractivity contribution in [2.75, 3.05) is 8.61 Å². The predicted molar refractivity (Wildman–Crippen MR) is 189 cm³/mol. The van der Waals surface area contributed by atoms with Crippen LogP contribution >= 0.6 is 23.2 Å². The normalized spacial score (nSPS) is 11.6. The fourth-order valence-electron chi connectivity index (χ4n) is 5.25. The third-order valence-electron chi connectivity index (χ3n) is 7.57. The van der Waals surface area contributed by atoms with E-state index in [4.69, 9.17) is 23.2 Å². The molecular weight excluding hydrogens is 691 g/mol. The Morgan fingerprint density at radius 2 is 0.792 bits per heavy atom. The molecule has 0 aliphatic heterocycles. The molecule has 5 aromatic carbocycles. The van der Waals surface area contributed by atoms with Crippen LogP contribution in [0.2, 0.25) is 10.0 Å². The minimum Gasteiger partial charge on any atom is -0.268 e. The van der Waals surface area contributed by atoms with Gasteiger partial charge in [-0.1, -0.05) is 58.6 Å². The van der Waals surface area contributed by atoms with Gasteiger partial charge in [-0.05, 0) is 124 Å². The minimum atomic E-state index is -4.50. The number of anilines is 2. The summed E-state index contributed by atoms with van der Waals surface area (Å²) in [4.78, 5) is 27.7. The first kappa shape index (κ1) is 34.8. The lowest BCUT2D eigenvalue weighted by Crippen LogP contribution is -2.38. The standard InChI is InChI=1S/C36H30Cl2N2O6S2/c1-23-5-19-33(25(3)21-23)47(43,44)39(35(41)27-7-11-29(37)12-8-27)31-15-17-32(18-16-31)40(36(42)28-9-13-30(38)14-10-28)48(45,46)34-20-6-24(2)22-26(34)4/h5-22H,1-4H3. The SMILES string of the molecule is Cc1ccc(S(=O)(=O)N(C(=O)c2ccc(Cl)cc2)c2ccc(N(C(=O)c3ccc(Cl)cc3)S(=O)(=O)c3ccc(C)cc3C)cc2)c(C)c1. The molecule has 0 heterocycles. The Hall–Kier alpha value is -4.48. The molecule has 8 nitrogen and oxygen atoms in total. The van der Waals surface area contributed by atoms with E-state index in [0.717, 1.165) is 11.1 Å². The molecule has 0 bridgehead atoms. The predicted octanol–water partition coefficient (Wildman–Crippen LogP) is 8.30. The van der Waals surface area contributed by atoms with Crippen molar-refractivity contribution >= 4 is 66.4 Å². The van der Waals surface area contributed by atoms with Crippen molar-refractivity contribution in [3.63, 3.8) is 0 Å². The first-order valence-corrected chi connectivity index (χ1v) is 18.2. The van der Waals surface area contributed by atoms with E-state index in [-0.39, 0.29) is 32.3 Å². The van der Waals surface area contributed by atoms with E-state index >= 15 is 0 Å². The maximum absolute atomic E-state index is 14.2. The van der Waals surface area contributed by atoms with Gasteiger partial charge in [0, 0.05) is 21.2 Å². The lowest BCUT2D eigenvalue weighted by molar-refractivity contribution is 0.0996. The number of hydrogen-bond acceptors (Lipinski definition) is 6. The maximum atomic E-state index is 14.2. The van der Waals surface area contributed by atoms with Crippen molar-refractivity contribution in [3.05, 3.63) is 153 Å². The number of rotatable bonds is 8. The molecule has 0 saturated carbocycles. The molecule has 246 valence electrons. The highest BCUT2D eigenvalue weighted by atomic mass is 35.5. The van der Waals surface area contributed by atoms with Crippen molar-refractivity contribution in [2.45, 2.75) is 37.5 Å². The second kappa shape index (κ2) is 13.6. The topological polar surface area (TPSA) is 109 Å². The molecule has 48 heavy (non-hydrogen) atoms. The first-order valence-electron chi connectivity index (χ1n) is 14.6. The van der Waals surface area contributed by atoms with E-state index in [1.54, 1.807) is 38.1 Å². The van der Waals surface area contributed by atoms with Crippen LogP contribution in [0.5, 0.6) is 0 Å².